The molecular formula is C19H34O8Ti. The molecule has 162 valence electrons. The Kier molecular flexibility index (Phi) is 21.3. The van der Waals surface area contributed by atoms with Crippen LogP contribution in [0.25, 0.3) is 0 Å². The number of hydrogen-bond acceptors (Lipinski definition) is 8. The van der Waals surface area contributed by atoms with E-state index in [-0.39, 0.29) is 30.2 Å². The van der Waals surface area contributed by atoms with Gasteiger partial charge in [0.1, 0.15) is 30.2 Å². The van der Waals surface area contributed by atoms with Crippen molar-refractivity contribution in [2.24, 2.45) is 10.8 Å². The third kappa shape index (κ3) is 26.7. The Labute approximate surface area is 179 Å². The molecule has 0 spiro atoms. The number of methoxy groups -OCH3 is 2. The van der Waals surface area contributed by atoms with Gasteiger partial charge in [0.2, 0.25) is 0 Å². The quantitative estimate of drug-likeness (QED) is 0.373. The number of ether oxygens (including phenoxy) is 2. The number of hydrogen-bond donors (Lipinski definition) is 0. The molecule has 0 aromatic heterocycles. The van der Waals surface area contributed by atoms with Crippen LogP contribution in [0.4, 0.5) is 0 Å². The second-order valence-corrected chi connectivity index (χ2v) is 7.76. The van der Waals surface area contributed by atoms with Gasteiger partial charge >= 0.3 is 35.7 Å². The van der Waals surface area contributed by atoms with Gasteiger partial charge < -0.3 is 14.3 Å². The summed E-state index contributed by atoms with van der Waals surface area (Å²) in [4.78, 5) is 53.0. The van der Waals surface area contributed by atoms with Crippen LogP contribution in [0.2, 0.25) is 0 Å². The number of ketones is 3. The van der Waals surface area contributed by atoms with Crippen molar-refractivity contribution in [3.05, 3.63) is 0 Å². The van der Waals surface area contributed by atoms with Gasteiger partial charge in [-0.25, -0.2) is 0 Å². The van der Waals surface area contributed by atoms with E-state index in [1.54, 1.807) is 41.5 Å². The summed E-state index contributed by atoms with van der Waals surface area (Å²) in [5.74, 6) is -0.955. The molecule has 0 rings (SSSR count). The summed E-state index contributed by atoms with van der Waals surface area (Å²) in [6.45, 7) is 13.7. The maximum atomic E-state index is 11.1. The van der Waals surface area contributed by atoms with E-state index in [0.29, 0.717) is 0 Å². The van der Waals surface area contributed by atoms with Gasteiger partial charge in [-0.2, -0.15) is 0 Å². The first-order chi connectivity index (χ1) is 12.5. The predicted octanol–water partition coefficient (Wildman–Crippen LogP) is 2.80. The molecular weight excluding hydrogens is 404 g/mol. The van der Waals surface area contributed by atoms with Crippen LogP contribution in [0, 0.1) is 10.8 Å². The third-order valence-corrected chi connectivity index (χ3v) is 2.74. The fraction of sp³-hybridized carbons (Fsp3) is 0.737. The summed E-state index contributed by atoms with van der Waals surface area (Å²) in [6, 6.07) is 0. The minimum absolute atomic E-state index is 0.0932. The van der Waals surface area contributed by atoms with Crippen LogP contribution in [-0.4, -0.2) is 43.5 Å². The zero-order valence-corrected chi connectivity index (χ0v) is 20.2. The van der Waals surface area contributed by atoms with Gasteiger partial charge in [-0.1, -0.05) is 41.5 Å². The Bertz CT molecular complexity index is 469. The van der Waals surface area contributed by atoms with Crippen molar-refractivity contribution in [3.63, 3.8) is 0 Å². The summed E-state index contributed by atoms with van der Waals surface area (Å²) in [7, 11) is 2.55. The summed E-state index contributed by atoms with van der Waals surface area (Å²) in [5, 5.41) is 0. The van der Waals surface area contributed by atoms with Crippen LogP contribution in [-0.2, 0) is 57.2 Å². The van der Waals surface area contributed by atoms with Crippen molar-refractivity contribution >= 4 is 29.3 Å². The average molecular weight is 438 g/mol. The van der Waals surface area contributed by atoms with Gasteiger partial charge in [0.25, 0.3) is 0 Å². The van der Waals surface area contributed by atoms with Crippen molar-refractivity contribution in [2.75, 3.05) is 14.2 Å². The summed E-state index contributed by atoms with van der Waals surface area (Å²) in [5.41, 5.74) is -0.900. The zero-order valence-electron chi connectivity index (χ0n) is 18.7. The summed E-state index contributed by atoms with van der Waals surface area (Å²) in [6.07, 6.45) is -0.250. The average Bonchev–Trinajstić information content (AvgIpc) is 2.54. The first-order valence-electron chi connectivity index (χ1n) is 8.36. The van der Waals surface area contributed by atoms with Gasteiger partial charge in [-0.3, -0.25) is 19.2 Å². The third-order valence-electron chi connectivity index (χ3n) is 2.74. The molecule has 0 heterocycles. The molecule has 0 saturated carbocycles. The summed E-state index contributed by atoms with van der Waals surface area (Å²) >= 11 is 0.750. The van der Waals surface area contributed by atoms with Gasteiger partial charge in [0.15, 0.2) is 0 Å². The SMILES string of the molecule is CC(C)=O.COC(=O)CC(=O)C(C)(C)C.COC(=O)CC(=O)C(C)(C)C.[O]=[Ti]. The fourth-order valence-electron chi connectivity index (χ4n) is 0.937. The number of carbonyl (C=O) groups excluding carboxylic acids is 5. The molecule has 0 saturated heterocycles. The molecule has 0 aliphatic carbocycles. The molecule has 28 heavy (non-hydrogen) atoms. The molecule has 0 aromatic rings. The number of Topliss-reactive ketones (excluding diaryl/α,β-unsaturated/α-hetero) is 3. The molecule has 0 bridgehead atoms. The van der Waals surface area contributed by atoms with Gasteiger partial charge in [-0.15, -0.1) is 0 Å². The van der Waals surface area contributed by atoms with Crippen LogP contribution in [0.15, 0.2) is 0 Å². The molecule has 8 nitrogen and oxygen atoms in total. The Hall–Kier alpha value is -1.54. The molecule has 0 aliphatic rings. The minimum atomic E-state index is -0.468. The van der Waals surface area contributed by atoms with Crippen molar-refractivity contribution in [1.29, 1.82) is 0 Å². The van der Waals surface area contributed by atoms with E-state index in [1.807, 2.05) is 0 Å². The van der Waals surface area contributed by atoms with Crippen LogP contribution in [0.5, 0.6) is 0 Å². The van der Waals surface area contributed by atoms with E-state index >= 15 is 0 Å². The molecule has 9 heteroatoms. The van der Waals surface area contributed by atoms with Gasteiger partial charge in [-0.05, 0) is 13.8 Å². The van der Waals surface area contributed by atoms with Crippen molar-refractivity contribution < 1.29 is 57.2 Å². The van der Waals surface area contributed by atoms with Gasteiger partial charge in [0, 0.05) is 10.8 Å². The summed E-state index contributed by atoms with van der Waals surface area (Å²) < 4.78 is 17.0. The standard InChI is InChI=1S/2C8H14O3.C3H6O.O.Ti/c2*1-8(2,3)6(9)5-7(10)11-4;1-3(2)4;;/h2*5H2,1-4H3;1-2H3;;. The van der Waals surface area contributed by atoms with Crippen molar-refractivity contribution in [1.82, 2.24) is 0 Å². The van der Waals surface area contributed by atoms with E-state index in [1.165, 1.54) is 28.1 Å². The van der Waals surface area contributed by atoms with E-state index in [0.717, 1.165) is 20.4 Å². The van der Waals surface area contributed by atoms with Crippen LogP contribution < -0.4 is 0 Å². The first-order valence-corrected chi connectivity index (χ1v) is 9.00. The predicted molar refractivity (Wildman–Crippen MR) is 99.2 cm³/mol. The van der Waals surface area contributed by atoms with Crippen molar-refractivity contribution in [3.8, 4) is 0 Å². The molecule has 0 aromatic carbocycles. The molecule has 0 radical (unpaired) electrons. The number of carbonyl (C=O) groups is 5. The number of rotatable bonds is 4. The zero-order chi connectivity index (χ0) is 23.7. The van der Waals surface area contributed by atoms with E-state index < -0.39 is 22.8 Å². The van der Waals surface area contributed by atoms with Crippen LogP contribution in [0.3, 0.4) is 0 Å². The first kappa shape index (κ1) is 34.0. The van der Waals surface area contributed by atoms with Crippen LogP contribution >= 0.6 is 0 Å². The van der Waals surface area contributed by atoms with E-state index in [4.69, 9.17) is 3.32 Å². The monoisotopic (exact) mass is 438 g/mol. The Morgan fingerprint density at radius 1 is 0.643 bits per heavy atom. The Morgan fingerprint density at radius 2 is 0.821 bits per heavy atom. The fourth-order valence-corrected chi connectivity index (χ4v) is 0.937. The Morgan fingerprint density at radius 3 is 0.929 bits per heavy atom. The van der Waals surface area contributed by atoms with Gasteiger partial charge in [0.05, 0.1) is 14.2 Å². The molecule has 0 N–H and O–H groups in total. The second kappa shape index (κ2) is 17.6. The normalized spacial score (nSPS) is 9.61. The van der Waals surface area contributed by atoms with Crippen molar-refractivity contribution in [2.45, 2.75) is 68.2 Å². The maximum absolute atomic E-state index is 11.1. The van der Waals surface area contributed by atoms with Crippen LogP contribution in [0.1, 0.15) is 68.2 Å². The molecule has 0 unspecified atom stereocenters. The topological polar surface area (TPSA) is 121 Å². The van der Waals surface area contributed by atoms with E-state index in [2.05, 4.69) is 9.47 Å². The molecule has 0 aliphatic heterocycles. The molecule has 0 fully saturated rings. The van der Waals surface area contributed by atoms with E-state index in [9.17, 15) is 24.0 Å². The molecule has 0 amide bonds. The molecule has 0 atom stereocenters. The second-order valence-electron chi connectivity index (χ2n) is 7.76. The number of esters is 2. The Balaban J connectivity index is -0.000000161.